The number of carbonyl (C=O) groups is 1. The fourth-order valence-electron chi connectivity index (χ4n) is 1.29. The highest BCUT2D eigenvalue weighted by Crippen LogP contribution is 2.29. The topological polar surface area (TPSA) is 80.9 Å². The minimum absolute atomic E-state index is 0.147. The van der Waals surface area contributed by atoms with Crippen LogP contribution in [0.4, 0.5) is 19.6 Å². The average Bonchev–Trinajstić information content (AvgIpc) is 2.86. The van der Waals surface area contributed by atoms with Crippen molar-refractivity contribution in [2.75, 3.05) is 11.1 Å². The van der Waals surface area contributed by atoms with Gasteiger partial charge in [-0.25, -0.2) is 0 Å². The van der Waals surface area contributed by atoms with E-state index in [1.807, 2.05) is 0 Å². The standard InChI is InChI=1S/C11H10F2N4OS3/c12-9(13)20-7-3-1-6(2-4-7)15-10-16-17-11(21-10)19-5-8(14)18/h1-4,9H,5H2,(H2,14,18)(H,15,16). The molecular formula is C11H10F2N4OS3. The molecule has 0 aliphatic heterocycles. The Morgan fingerprint density at radius 3 is 2.67 bits per heavy atom. The van der Waals surface area contributed by atoms with E-state index in [-0.39, 0.29) is 5.75 Å². The molecule has 112 valence electrons. The molecule has 0 saturated carbocycles. The van der Waals surface area contributed by atoms with Gasteiger partial charge in [0.05, 0.1) is 5.75 Å². The molecule has 3 N–H and O–H groups in total. The van der Waals surface area contributed by atoms with Crippen molar-refractivity contribution in [1.82, 2.24) is 10.2 Å². The van der Waals surface area contributed by atoms with Gasteiger partial charge in [0.25, 0.3) is 5.76 Å². The highest BCUT2D eigenvalue weighted by molar-refractivity contribution is 8.01. The Morgan fingerprint density at radius 2 is 2.05 bits per heavy atom. The summed E-state index contributed by atoms with van der Waals surface area (Å²) in [4.78, 5) is 11.2. The van der Waals surface area contributed by atoms with Crippen LogP contribution in [0.15, 0.2) is 33.5 Å². The highest BCUT2D eigenvalue weighted by Gasteiger charge is 2.08. The molecule has 1 heterocycles. The zero-order valence-electron chi connectivity index (χ0n) is 10.5. The van der Waals surface area contributed by atoms with E-state index >= 15 is 0 Å². The van der Waals surface area contributed by atoms with E-state index in [2.05, 4.69) is 15.5 Å². The zero-order valence-corrected chi connectivity index (χ0v) is 12.9. The van der Waals surface area contributed by atoms with E-state index in [9.17, 15) is 13.6 Å². The Bertz CT molecular complexity index is 606. The van der Waals surface area contributed by atoms with Gasteiger partial charge in [-0.1, -0.05) is 34.9 Å². The third-order valence-electron chi connectivity index (χ3n) is 2.08. The Morgan fingerprint density at radius 1 is 1.33 bits per heavy atom. The van der Waals surface area contributed by atoms with E-state index in [1.54, 1.807) is 24.3 Å². The molecule has 2 rings (SSSR count). The van der Waals surface area contributed by atoms with Gasteiger partial charge in [0.2, 0.25) is 11.0 Å². The van der Waals surface area contributed by atoms with Crippen molar-refractivity contribution in [2.45, 2.75) is 15.0 Å². The lowest BCUT2D eigenvalue weighted by Crippen LogP contribution is -2.12. The van der Waals surface area contributed by atoms with Gasteiger partial charge in [0.1, 0.15) is 0 Å². The first-order valence-corrected chi connectivity index (χ1v) is 8.27. The van der Waals surface area contributed by atoms with Gasteiger partial charge in [-0.15, -0.1) is 10.2 Å². The Hall–Kier alpha value is -1.39. The Labute approximate surface area is 131 Å². The van der Waals surface area contributed by atoms with Crippen LogP contribution in [0.3, 0.4) is 0 Å². The summed E-state index contributed by atoms with van der Waals surface area (Å²) in [6.45, 7) is 0. The number of rotatable bonds is 7. The SMILES string of the molecule is NC(=O)CSc1nnc(Nc2ccc(SC(F)F)cc2)s1. The summed E-state index contributed by atoms with van der Waals surface area (Å²) in [5, 5.41) is 11.4. The van der Waals surface area contributed by atoms with Gasteiger partial charge >= 0.3 is 0 Å². The monoisotopic (exact) mass is 348 g/mol. The number of alkyl halides is 2. The number of aromatic nitrogens is 2. The number of hydrogen-bond donors (Lipinski definition) is 2. The minimum Gasteiger partial charge on any atom is -0.369 e. The molecular weight excluding hydrogens is 338 g/mol. The molecule has 0 unspecified atom stereocenters. The van der Waals surface area contributed by atoms with Gasteiger partial charge in [0.15, 0.2) is 4.34 Å². The van der Waals surface area contributed by atoms with Gasteiger partial charge in [-0.05, 0) is 24.3 Å². The zero-order chi connectivity index (χ0) is 15.2. The summed E-state index contributed by atoms with van der Waals surface area (Å²) in [6.07, 6.45) is 0. The number of carbonyl (C=O) groups excluding carboxylic acids is 1. The first-order valence-electron chi connectivity index (χ1n) is 5.59. The summed E-state index contributed by atoms with van der Waals surface area (Å²) in [7, 11) is 0. The maximum Gasteiger partial charge on any atom is 0.288 e. The fourth-order valence-corrected chi connectivity index (χ4v) is 3.30. The molecule has 0 spiro atoms. The van der Waals surface area contributed by atoms with Gasteiger partial charge in [-0.2, -0.15) is 8.78 Å². The van der Waals surface area contributed by atoms with Crippen molar-refractivity contribution in [3.63, 3.8) is 0 Å². The summed E-state index contributed by atoms with van der Waals surface area (Å²) in [5.74, 6) is -2.71. The molecule has 21 heavy (non-hydrogen) atoms. The molecule has 0 aliphatic rings. The molecule has 5 nitrogen and oxygen atoms in total. The predicted molar refractivity (Wildman–Crippen MR) is 81.4 cm³/mol. The molecule has 10 heteroatoms. The number of hydrogen-bond acceptors (Lipinski definition) is 7. The second-order valence-electron chi connectivity index (χ2n) is 3.66. The normalized spacial score (nSPS) is 10.8. The maximum absolute atomic E-state index is 12.2. The van der Waals surface area contributed by atoms with Crippen LogP contribution in [0.1, 0.15) is 0 Å². The second-order valence-corrected chi connectivity index (χ2v) is 6.92. The van der Waals surface area contributed by atoms with Gasteiger partial charge in [0, 0.05) is 10.6 Å². The van der Waals surface area contributed by atoms with Crippen LogP contribution in [-0.4, -0.2) is 27.6 Å². The smallest absolute Gasteiger partial charge is 0.288 e. The van der Waals surface area contributed by atoms with Crippen LogP contribution < -0.4 is 11.1 Å². The van der Waals surface area contributed by atoms with Crippen LogP contribution >= 0.6 is 34.9 Å². The molecule has 0 atom stereocenters. The third kappa shape index (κ3) is 5.48. The van der Waals surface area contributed by atoms with Crippen molar-refractivity contribution in [1.29, 1.82) is 0 Å². The lowest BCUT2D eigenvalue weighted by Gasteiger charge is -2.03. The number of benzene rings is 1. The van der Waals surface area contributed by atoms with Crippen LogP contribution in [0, 0.1) is 0 Å². The van der Waals surface area contributed by atoms with Crippen molar-refractivity contribution in [2.24, 2.45) is 5.73 Å². The number of thioether (sulfide) groups is 2. The first kappa shape index (κ1) is 16.0. The number of primary amides is 1. The lowest BCUT2D eigenvalue weighted by atomic mass is 10.3. The highest BCUT2D eigenvalue weighted by atomic mass is 32.2. The summed E-state index contributed by atoms with van der Waals surface area (Å²) in [6, 6.07) is 6.57. The second kappa shape index (κ2) is 7.57. The third-order valence-corrected chi connectivity index (χ3v) is 4.79. The largest absolute Gasteiger partial charge is 0.369 e. The van der Waals surface area contributed by atoms with E-state index in [4.69, 9.17) is 5.73 Å². The molecule has 1 aromatic heterocycles. The van der Waals surface area contributed by atoms with Crippen molar-refractivity contribution in [3.8, 4) is 0 Å². The average molecular weight is 348 g/mol. The molecule has 2 aromatic rings. The molecule has 0 bridgehead atoms. The molecule has 0 radical (unpaired) electrons. The summed E-state index contributed by atoms with van der Waals surface area (Å²) < 4.78 is 25.0. The minimum atomic E-state index is -2.43. The van der Waals surface area contributed by atoms with E-state index in [0.717, 1.165) is 5.69 Å². The van der Waals surface area contributed by atoms with Crippen LogP contribution in [0.5, 0.6) is 0 Å². The number of anilines is 2. The number of halogens is 2. The number of nitrogens with zero attached hydrogens (tertiary/aromatic N) is 2. The van der Waals surface area contributed by atoms with Crippen LogP contribution in [0.25, 0.3) is 0 Å². The van der Waals surface area contributed by atoms with Crippen LogP contribution in [0.2, 0.25) is 0 Å². The molecule has 1 amide bonds. The summed E-state index contributed by atoms with van der Waals surface area (Å²) in [5.41, 5.74) is 5.76. The van der Waals surface area contributed by atoms with E-state index < -0.39 is 11.7 Å². The molecule has 0 saturated heterocycles. The lowest BCUT2D eigenvalue weighted by molar-refractivity contribution is -0.115. The fraction of sp³-hybridized carbons (Fsp3) is 0.182. The van der Waals surface area contributed by atoms with Crippen molar-refractivity contribution >= 4 is 51.6 Å². The predicted octanol–water partition coefficient (Wildman–Crippen LogP) is 3.17. The molecule has 0 fully saturated rings. The van der Waals surface area contributed by atoms with Gasteiger partial charge in [-0.3, -0.25) is 4.79 Å². The number of amides is 1. The van der Waals surface area contributed by atoms with E-state index in [1.165, 1.54) is 23.1 Å². The summed E-state index contributed by atoms with van der Waals surface area (Å²) >= 11 is 2.99. The first-order chi connectivity index (χ1) is 10.0. The Kier molecular flexibility index (Phi) is 5.76. The molecule has 0 aliphatic carbocycles. The number of nitrogens with one attached hydrogen (secondary N) is 1. The molecule has 1 aromatic carbocycles. The number of nitrogens with two attached hydrogens (primary N) is 1. The quantitative estimate of drug-likeness (QED) is 0.748. The Balaban J connectivity index is 1.93. The van der Waals surface area contributed by atoms with E-state index in [0.29, 0.717) is 26.1 Å². The van der Waals surface area contributed by atoms with Crippen LogP contribution in [-0.2, 0) is 4.79 Å². The van der Waals surface area contributed by atoms with Gasteiger partial charge < -0.3 is 11.1 Å². The van der Waals surface area contributed by atoms with Crippen molar-refractivity contribution in [3.05, 3.63) is 24.3 Å². The van der Waals surface area contributed by atoms with Crippen molar-refractivity contribution < 1.29 is 13.6 Å². The maximum atomic E-state index is 12.2.